The van der Waals surface area contributed by atoms with E-state index in [1.165, 1.54) is 0 Å². The van der Waals surface area contributed by atoms with E-state index in [1.54, 1.807) is 24.3 Å². The van der Waals surface area contributed by atoms with Crippen LogP contribution in [0.1, 0.15) is 44.0 Å². The second-order valence-corrected chi connectivity index (χ2v) is 4.80. The van der Waals surface area contributed by atoms with Crippen LogP contribution in [0.2, 0.25) is 0 Å². The molecule has 0 radical (unpaired) electrons. The van der Waals surface area contributed by atoms with Gasteiger partial charge in [0.1, 0.15) is 0 Å². The largest absolute Gasteiger partial charge is 0.352 e. The lowest BCUT2D eigenvalue weighted by atomic mass is 10.1. The number of para-hydroxylation sites is 1. The molecule has 0 saturated heterocycles. The van der Waals surface area contributed by atoms with Crippen LogP contribution in [0, 0.1) is 5.92 Å². The van der Waals surface area contributed by atoms with Crippen molar-refractivity contribution in [2.75, 3.05) is 11.9 Å². The minimum atomic E-state index is -0.145. The molecule has 2 N–H and O–H groups in total. The van der Waals surface area contributed by atoms with E-state index in [0.29, 0.717) is 17.8 Å². The summed E-state index contributed by atoms with van der Waals surface area (Å²) >= 11 is 0. The Morgan fingerprint density at radius 2 is 1.89 bits per heavy atom. The molecule has 0 unspecified atom stereocenters. The van der Waals surface area contributed by atoms with Crippen LogP contribution in [0.5, 0.6) is 0 Å². The molecule has 0 aliphatic carbocycles. The van der Waals surface area contributed by atoms with Gasteiger partial charge in [-0.1, -0.05) is 39.3 Å². The maximum atomic E-state index is 12.0. The predicted octanol–water partition coefficient (Wildman–Crippen LogP) is 2.81. The number of hydrogen-bond donors (Lipinski definition) is 2. The maximum Gasteiger partial charge on any atom is 0.253 e. The van der Waals surface area contributed by atoms with Gasteiger partial charge in [-0.25, -0.2) is 0 Å². The first kappa shape index (κ1) is 15.2. The number of carbonyl (C=O) groups is 2. The van der Waals surface area contributed by atoms with Gasteiger partial charge >= 0.3 is 0 Å². The summed E-state index contributed by atoms with van der Waals surface area (Å²) in [6.07, 6.45) is 1.98. The molecule has 4 nitrogen and oxygen atoms in total. The van der Waals surface area contributed by atoms with Crippen LogP contribution in [0.15, 0.2) is 24.3 Å². The Balaban J connectivity index is 2.77. The molecule has 1 aromatic carbocycles. The minimum absolute atomic E-state index is 0.0891. The second kappa shape index (κ2) is 7.56. The Bertz CT molecular complexity index is 442. The number of carbonyl (C=O) groups excluding carboxylic acids is 2. The number of rotatable bonds is 6. The Hall–Kier alpha value is -1.84. The third-order valence-electron chi connectivity index (χ3n) is 2.77. The van der Waals surface area contributed by atoms with E-state index in [-0.39, 0.29) is 17.7 Å². The lowest BCUT2D eigenvalue weighted by Crippen LogP contribution is -2.26. The smallest absolute Gasteiger partial charge is 0.253 e. The Kier molecular flexibility index (Phi) is 6.06. The molecule has 19 heavy (non-hydrogen) atoms. The molecule has 0 aliphatic rings. The van der Waals surface area contributed by atoms with Crippen LogP contribution in [0.3, 0.4) is 0 Å². The highest BCUT2D eigenvalue weighted by Crippen LogP contribution is 2.16. The van der Waals surface area contributed by atoms with Crippen molar-refractivity contribution in [3.63, 3.8) is 0 Å². The van der Waals surface area contributed by atoms with Crippen molar-refractivity contribution in [1.82, 2.24) is 5.32 Å². The van der Waals surface area contributed by atoms with Crippen molar-refractivity contribution in [3.8, 4) is 0 Å². The van der Waals surface area contributed by atoms with Crippen molar-refractivity contribution in [3.05, 3.63) is 29.8 Å². The first-order valence-electron chi connectivity index (χ1n) is 6.74. The standard InChI is InChI=1S/C15H22N2O2/c1-4-5-10-16-15(19)12-8-6-7-9-13(12)17-14(18)11(2)3/h6-9,11H,4-5,10H2,1-3H3,(H,16,19)(H,17,18). The SMILES string of the molecule is CCCCNC(=O)c1ccccc1NC(=O)C(C)C. The summed E-state index contributed by atoms with van der Waals surface area (Å²) in [6.45, 7) is 6.36. The molecule has 4 heteroatoms. The van der Waals surface area contributed by atoms with Crippen molar-refractivity contribution < 1.29 is 9.59 Å². The van der Waals surface area contributed by atoms with Crippen molar-refractivity contribution in [1.29, 1.82) is 0 Å². The molecule has 0 aromatic heterocycles. The van der Waals surface area contributed by atoms with Crippen molar-refractivity contribution in [2.45, 2.75) is 33.6 Å². The molecule has 0 bridgehead atoms. The van der Waals surface area contributed by atoms with Crippen molar-refractivity contribution in [2.24, 2.45) is 5.92 Å². The second-order valence-electron chi connectivity index (χ2n) is 4.80. The molecule has 0 heterocycles. The van der Waals surface area contributed by atoms with Crippen molar-refractivity contribution >= 4 is 17.5 Å². The molecular weight excluding hydrogens is 240 g/mol. The van der Waals surface area contributed by atoms with Crippen LogP contribution in [-0.4, -0.2) is 18.4 Å². The highest BCUT2D eigenvalue weighted by Gasteiger charge is 2.14. The van der Waals surface area contributed by atoms with Crippen LogP contribution in [0.25, 0.3) is 0 Å². The quantitative estimate of drug-likeness (QED) is 0.774. The Morgan fingerprint density at radius 1 is 1.21 bits per heavy atom. The van der Waals surface area contributed by atoms with Gasteiger partial charge in [0.25, 0.3) is 5.91 Å². The highest BCUT2D eigenvalue weighted by molar-refractivity contribution is 6.04. The minimum Gasteiger partial charge on any atom is -0.352 e. The van der Waals surface area contributed by atoms with Gasteiger partial charge in [0.2, 0.25) is 5.91 Å². The molecule has 1 rings (SSSR count). The van der Waals surface area contributed by atoms with Gasteiger partial charge in [0.05, 0.1) is 11.3 Å². The fourth-order valence-electron chi connectivity index (χ4n) is 1.54. The summed E-state index contributed by atoms with van der Waals surface area (Å²) < 4.78 is 0. The molecule has 0 atom stereocenters. The topological polar surface area (TPSA) is 58.2 Å². The predicted molar refractivity (Wildman–Crippen MR) is 77.2 cm³/mol. The first-order valence-corrected chi connectivity index (χ1v) is 6.74. The molecule has 104 valence electrons. The Labute approximate surface area is 114 Å². The number of anilines is 1. The van der Waals surface area contributed by atoms with E-state index in [9.17, 15) is 9.59 Å². The average Bonchev–Trinajstić information content (AvgIpc) is 2.39. The molecular formula is C15H22N2O2. The van der Waals surface area contributed by atoms with Crippen LogP contribution in [0.4, 0.5) is 5.69 Å². The normalized spacial score (nSPS) is 10.3. The fourth-order valence-corrected chi connectivity index (χ4v) is 1.54. The van der Waals surface area contributed by atoms with Gasteiger partial charge in [0, 0.05) is 12.5 Å². The molecule has 0 fully saturated rings. The third-order valence-corrected chi connectivity index (χ3v) is 2.77. The zero-order valence-electron chi connectivity index (χ0n) is 11.8. The van der Waals surface area contributed by atoms with Gasteiger partial charge in [-0.3, -0.25) is 9.59 Å². The number of benzene rings is 1. The van der Waals surface area contributed by atoms with E-state index < -0.39 is 0 Å². The molecule has 1 aromatic rings. The van der Waals surface area contributed by atoms with Gasteiger partial charge < -0.3 is 10.6 Å². The third kappa shape index (κ3) is 4.73. The van der Waals surface area contributed by atoms with E-state index in [1.807, 2.05) is 13.8 Å². The van der Waals surface area contributed by atoms with Gasteiger partial charge in [0.15, 0.2) is 0 Å². The lowest BCUT2D eigenvalue weighted by molar-refractivity contribution is -0.118. The molecule has 0 aliphatic heterocycles. The average molecular weight is 262 g/mol. The first-order chi connectivity index (χ1) is 9.06. The summed E-state index contributed by atoms with van der Waals surface area (Å²) in [4.78, 5) is 23.7. The number of unbranched alkanes of at least 4 members (excludes halogenated alkanes) is 1. The van der Waals surface area contributed by atoms with E-state index in [4.69, 9.17) is 0 Å². The summed E-state index contributed by atoms with van der Waals surface area (Å²) in [5.41, 5.74) is 1.07. The maximum absolute atomic E-state index is 12.0. The monoisotopic (exact) mass is 262 g/mol. The zero-order chi connectivity index (χ0) is 14.3. The zero-order valence-corrected chi connectivity index (χ0v) is 11.8. The van der Waals surface area contributed by atoms with E-state index in [2.05, 4.69) is 17.6 Å². The molecule has 2 amide bonds. The number of amides is 2. The fraction of sp³-hybridized carbons (Fsp3) is 0.467. The summed E-state index contributed by atoms with van der Waals surface area (Å²) in [6, 6.07) is 7.06. The van der Waals surface area contributed by atoms with E-state index >= 15 is 0 Å². The summed E-state index contributed by atoms with van der Waals surface area (Å²) in [5.74, 6) is -0.349. The molecule has 0 saturated carbocycles. The number of nitrogens with one attached hydrogen (secondary N) is 2. The highest BCUT2D eigenvalue weighted by atomic mass is 16.2. The van der Waals surface area contributed by atoms with Crippen LogP contribution in [-0.2, 0) is 4.79 Å². The summed E-state index contributed by atoms with van der Waals surface area (Å²) in [5, 5.41) is 5.63. The summed E-state index contributed by atoms with van der Waals surface area (Å²) in [7, 11) is 0. The van der Waals surface area contributed by atoms with Crippen LogP contribution < -0.4 is 10.6 Å². The van der Waals surface area contributed by atoms with Crippen LogP contribution >= 0.6 is 0 Å². The number of hydrogen-bond acceptors (Lipinski definition) is 2. The van der Waals surface area contributed by atoms with E-state index in [0.717, 1.165) is 12.8 Å². The van der Waals surface area contributed by atoms with Gasteiger partial charge in [-0.15, -0.1) is 0 Å². The van der Waals surface area contributed by atoms with Gasteiger partial charge in [-0.2, -0.15) is 0 Å². The Morgan fingerprint density at radius 3 is 2.53 bits per heavy atom. The lowest BCUT2D eigenvalue weighted by Gasteiger charge is -2.12. The van der Waals surface area contributed by atoms with Gasteiger partial charge in [-0.05, 0) is 18.6 Å². The molecule has 0 spiro atoms.